The summed E-state index contributed by atoms with van der Waals surface area (Å²) in [7, 11) is 0. The van der Waals surface area contributed by atoms with Crippen molar-refractivity contribution in [1.82, 2.24) is 0 Å². The van der Waals surface area contributed by atoms with Gasteiger partial charge in [0.15, 0.2) is 0 Å². The number of carboxylic acids is 1. The van der Waals surface area contributed by atoms with Gasteiger partial charge in [-0.1, -0.05) is 0 Å². The van der Waals surface area contributed by atoms with Gasteiger partial charge in [-0.25, -0.2) is 0 Å². The van der Waals surface area contributed by atoms with E-state index in [1.54, 1.807) is 12.1 Å². The Labute approximate surface area is 97.5 Å². The van der Waals surface area contributed by atoms with Crippen LogP contribution in [0.4, 0.5) is 0 Å². The Kier molecular flexibility index (Phi) is 6.11. The first-order valence-corrected chi connectivity index (χ1v) is 6.52. The van der Waals surface area contributed by atoms with Crippen LogP contribution in [0.5, 0.6) is 5.75 Å². The van der Waals surface area contributed by atoms with Gasteiger partial charge >= 0.3 is 74.9 Å². The van der Waals surface area contributed by atoms with Crippen molar-refractivity contribution in [3.63, 3.8) is 0 Å². The fourth-order valence-electron chi connectivity index (χ4n) is 0.706. The topological polar surface area (TPSA) is 74.6 Å². The molecule has 0 aliphatic carbocycles. The van der Waals surface area contributed by atoms with Gasteiger partial charge < -0.3 is 5.11 Å². The molecule has 0 unspecified atom stereocenters. The summed E-state index contributed by atoms with van der Waals surface area (Å²) in [6, 6.07) is 5.23. The van der Waals surface area contributed by atoms with Crippen LogP contribution >= 0.6 is 0 Å². The zero-order chi connectivity index (χ0) is 11.1. The minimum atomic E-state index is -0.833. The second-order valence-electron chi connectivity index (χ2n) is 2.49. The molecule has 5 heteroatoms. The standard InChI is InChI=1S/C7H5O2.C2H4O2.Hg/c8-5-6-3-1-2-4-7(6)9;1-2(3)4;/h1-3,5,9H;1H3,(H,3,4);. The van der Waals surface area contributed by atoms with Gasteiger partial charge in [0.1, 0.15) is 0 Å². The molecule has 0 saturated carbocycles. The number of carbonyl (C=O) groups is 2. The summed E-state index contributed by atoms with van der Waals surface area (Å²) in [5, 5.41) is 16.6. The first-order valence-electron chi connectivity index (χ1n) is 3.77. The summed E-state index contributed by atoms with van der Waals surface area (Å²) >= 11 is 0.378. The molecule has 2 N–H and O–H groups in total. The van der Waals surface area contributed by atoms with Crippen molar-refractivity contribution >= 4 is 15.3 Å². The second kappa shape index (κ2) is 6.53. The van der Waals surface area contributed by atoms with Crippen molar-refractivity contribution in [1.29, 1.82) is 0 Å². The van der Waals surface area contributed by atoms with Crippen LogP contribution in [-0.2, 0) is 30.9 Å². The molecule has 0 heterocycles. The maximum absolute atomic E-state index is 10.2. The Morgan fingerprint density at radius 3 is 2.36 bits per heavy atom. The van der Waals surface area contributed by atoms with Crippen molar-refractivity contribution < 1.29 is 45.9 Å². The Balaban J connectivity index is 0.000000364. The average Bonchev–Trinajstić information content (AvgIpc) is 2.09. The van der Waals surface area contributed by atoms with Gasteiger partial charge in [-0.3, -0.25) is 4.79 Å². The van der Waals surface area contributed by atoms with Crippen molar-refractivity contribution in [3.05, 3.63) is 23.8 Å². The minimum absolute atomic E-state index is 0.167. The van der Waals surface area contributed by atoms with Crippen LogP contribution in [-0.4, -0.2) is 22.5 Å². The molecule has 4 nitrogen and oxygen atoms in total. The molecule has 0 aromatic heterocycles. The quantitative estimate of drug-likeness (QED) is 0.548. The Morgan fingerprint density at radius 1 is 1.50 bits per heavy atom. The normalized spacial score (nSPS) is 8.50. The molecule has 0 amide bonds. The van der Waals surface area contributed by atoms with Gasteiger partial charge in [0.25, 0.3) is 5.97 Å². The van der Waals surface area contributed by atoms with Crippen LogP contribution in [0.1, 0.15) is 17.3 Å². The molecule has 0 atom stereocenters. The van der Waals surface area contributed by atoms with Gasteiger partial charge in [-0.2, -0.15) is 0 Å². The molecule has 0 aliphatic heterocycles. The molecule has 1 rings (SSSR count). The number of phenols is 1. The summed E-state index contributed by atoms with van der Waals surface area (Å²) in [4.78, 5) is 19.2. The van der Waals surface area contributed by atoms with Crippen LogP contribution in [0.15, 0.2) is 18.2 Å². The third-order valence-corrected chi connectivity index (χ3v) is 3.50. The summed E-state index contributed by atoms with van der Waals surface area (Å²) in [5.74, 6) is -0.666. The number of phenolic OH excluding ortho intramolecular Hbond substituents is 1. The van der Waals surface area contributed by atoms with Gasteiger partial charge in [0.2, 0.25) is 0 Å². The predicted octanol–water partition coefficient (Wildman–Crippen LogP) is 0.468. The maximum atomic E-state index is 10.2. The number of hydrogen-bond donors (Lipinski definition) is 2. The summed E-state index contributed by atoms with van der Waals surface area (Å²) in [6.07, 6.45) is 0.672. The number of aldehydes is 1. The number of benzene rings is 1. The predicted molar refractivity (Wildman–Crippen MR) is 46.4 cm³/mol. The van der Waals surface area contributed by atoms with E-state index in [0.29, 0.717) is 38.0 Å². The van der Waals surface area contributed by atoms with Crippen LogP contribution in [0, 0.1) is 0 Å². The van der Waals surface area contributed by atoms with E-state index < -0.39 is 5.97 Å². The fourth-order valence-corrected chi connectivity index (χ4v) is 2.03. The summed E-state index contributed by atoms with van der Waals surface area (Å²) < 4.78 is 0.921. The van der Waals surface area contributed by atoms with Crippen molar-refractivity contribution in [2.24, 2.45) is 0 Å². The molecule has 14 heavy (non-hydrogen) atoms. The molecule has 0 fully saturated rings. The van der Waals surface area contributed by atoms with Gasteiger partial charge in [0.05, 0.1) is 0 Å². The van der Waals surface area contributed by atoms with E-state index >= 15 is 0 Å². The van der Waals surface area contributed by atoms with E-state index in [0.717, 1.165) is 10.00 Å². The van der Waals surface area contributed by atoms with Crippen LogP contribution in [0.2, 0.25) is 0 Å². The summed E-state index contributed by atoms with van der Waals surface area (Å²) in [5.41, 5.74) is 0.396. The third kappa shape index (κ3) is 4.96. The van der Waals surface area contributed by atoms with Crippen LogP contribution in [0.3, 0.4) is 0 Å². The van der Waals surface area contributed by atoms with E-state index in [1.807, 2.05) is 6.07 Å². The molecule has 0 bridgehead atoms. The molecule has 0 spiro atoms. The van der Waals surface area contributed by atoms with E-state index in [4.69, 9.17) is 9.90 Å². The zero-order valence-corrected chi connectivity index (χ0v) is 13.2. The van der Waals surface area contributed by atoms with E-state index in [2.05, 4.69) is 0 Å². The van der Waals surface area contributed by atoms with Crippen molar-refractivity contribution in [2.75, 3.05) is 0 Å². The molecule has 0 saturated heterocycles. The fraction of sp³-hybridized carbons (Fsp3) is 0.111. The van der Waals surface area contributed by atoms with Gasteiger partial charge in [-0.15, -0.1) is 0 Å². The Hall–Kier alpha value is -0.905. The van der Waals surface area contributed by atoms with E-state index in [9.17, 15) is 9.90 Å². The summed E-state index contributed by atoms with van der Waals surface area (Å²) in [6.45, 7) is 1.08. The second-order valence-corrected chi connectivity index (χ2v) is 5.45. The molecule has 1 aromatic carbocycles. The molecular formula is C9H9HgO4. The Bertz CT molecular complexity index is 332. The average molecular weight is 382 g/mol. The van der Waals surface area contributed by atoms with Crippen molar-refractivity contribution in [3.8, 4) is 5.75 Å². The molecule has 0 radical (unpaired) electrons. The number of para-hydroxylation sites is 1. The van der Waals surface area contributed by atoms with E-state index in [-0.39, 0.29) is 5.75 Å². The van der Waals surface area contributed by atoms with Gasteiger partial charge in [-0.05, 0) is 0 Å². The van der Waals surface area contributed by atoms with Gasteiger partial charge in [0, 0.05) is 6.92 Å². The molecule has 0 aliphatic rings. The number of hydrogen-bond acceptors (Lipinski definition) is 3. The number of rotatable bonds is 1. The SMILES string of the molecule is CC(=O)O.O=Cc1ccc[c]([Hg])c1O. The third-order valence-electron chi connectivity index (χ3n) is 1.28. The number of carbonyl (C=O) groups excluding carboxylic acids is 1. The molecule has 1 aromatic rings. The Morgan fingerprint density at radius 2 is 2.00 bits per heavy atom. The molecule has 71 valence electrons. The van der Waals surface area contributed by atoms with Crippen LogP contribution < -0.4 is 3.07 Å². The zero-order valence-electron chi connectivity index (χ0n) is 7.73. The first-order chi connectivity index (χ1) is 6.49. The number of aromatic hydroxyl groups is 1. The van der Waals surface area contributed by atoms with Crippen molar-refractivity contribution in [2.45, 2.75) is 6.92 Å². The van der Waals surface area contributed by atoms with E-state index in [1.165, 1.54) is 0 Å². The first kappa shape index (κ1) is 13.1. The number of carboxylic acid groups (broad SMARTS) is 1. The number of aliphatic carboxylic acids is 1. The van der Waals surface area contributed by atoms with Crippen LogP contribution in [0.25, 0.3) is 0 Å². The monoisotopic (exact) mass is 383 g/mol. The molecular weight excluding hydrogens is 373 g/mol.